The van der Waals surface area contributed by atoms with E-state index in [0.717, 1.165) is 6.42 Å². The summed E-state index contributed by atoms with van der Waals surface area (Å²) < 4.78 is 0. The fourth-order valence-electron chi connectivity index (χ4n) is 2.90. The Morgan fingerprint density at radius 2 is 1.48 bits per heavy atom. The summed E-state index contributed by atoms with van der Waals surface area (Å²) in [6, 6.07) is 4.19. The number of nitrogens with two attached hydrogens (primary N) is 2. The number of hydrogen-bond donors (Lipinski definition) is 8. The van der Waals surface area contributed by atoms with Gasteiger partial charge in [-0.15, -0.1) is 0 Å². The number of aliphatic carboxylic acids is 1. The Morgan fingerprint density at radius 1 is 0.909 bits per heavy atom. The quantitative estimate of drug-likeness (QED) is 0.105. The lowest BCUT2D eigenvalue weighted by Crippen LogP contribution is -2.58. The molecule has 0 spiro atoms. The number of benzene rings is 1. The Kier molecular flexibility index (Phi) is 13.1. The molecule has 1 aromatic rings. The van der Waals surface area contributed by atoms with Crippen molar-refractivity contribution in [1.29, 1.82) is 0 Å². The number of unbranched alkanes of at least 4 members (excludes halogenated alkanes) is 1. The monoisotopic (exact) mass is 483 g/mol. The van der Waals surface area contributed by atoms with Crippen LogP contribution in [0.25, 0.3) is 0 Å². The molecule has 1 rings (SSSR count). The number of aliphatic hydroxyl groups excluding tert-OH is 1. The van der Waals surface area contributed by atoms with E-state index in [4.69, 9.17) is 16.6 Å². The van der Waals surface area contributed by atoms with Crippen LogP contribution in [0, 0.1) is 0 Å². The average Bonchev–Trinajstić information content (AvgIpc) is 2.80. The largest absolute Gasteiger partial charge is 0.480 e. The third kappa shape index (κ3) is 10.2. The predicted molar refractivity (Wildman–Crippen MR) is 125 cm³/mol. The molecule has 12 heteroatoms. The van der Waals surface area contributed by atoms with E-state index in [1.165, 1.54) is 0 Å². The maximum absolute atomic E-state index is 12.8. The second-order valence-electron chi connectivity index (χ2n) is 7.47. The SMILES string of the molecule is NCCCCC(N)C(=O)NC(CS)C(=O)NC(Cc1ccccc1)C(=O)NC(CO)C(=O)O. The minimum absolute atomic E-state index is 0.0544. The maximum Gasteiger partial charge on any atom is 0.328 e. The van der Waals surface area contributed by atoms with Gasteiger partial charge in [-0.3, -0.25) is 14.4 Å². The number of carboxylic acid groups (broad SMARTS) is 1. The third-order valence-electron chi connectivity index (χ3n) is 4.83. The number of amides is 3. The first-order valence-electron chi connectivity index (χ1n) is 10.6. The van der Waals surface area contributed by atoms with Crippen LogP contribution < -0.4 is 27.4 Å². The number of hydrogen-bond acceptors (Lipinski definition) is 8. The summed E-state index contributed by atoms with van der Waals surface area (Å²) in [4.78, 5) is 49.0. The summed E-state index contributed by atoms with van der Waals surface area (Å²) >= 11 is 4.11. The molecule has 0 aliphatic carbocycles. The zero-order valence-corrected chi connectivity index (χ0v) is 19.2. The molecule has 0 aliphatic heterocycles. The Morgan fingerprint density at radius 3 is 2.03 bits per heavy atom. The molecule has 1 aromatic carbocycles. The van der Waals surface area contributed by atoms with E-state index >= 15 is 0 Å². The highest BCUT2D eigenvalue weighted by molar-refractivity contribution is 7.80. The van der Waals surface area contributed by atoms with Gasteiger partial charge in [-0.1, -0.05) is 36.8 Å². The molecule has 0 aliphatic rings. The number of aliphatic hydroxyl groups is 1. The van der Waals surface area contributed by atoms with Gasteiger partial charge in [0.05, 0.1) is 12.6 Å². The highest BCUT2D eigenvalue weighted by atomic mass is 32.1. The molecule has 0 fully saturated rings. The number of nitrogens with one attached hydrogen (secondary N) is 3. The lowest BCUT2D eigenvalue weighted by molar-refractivity contribution is -0.143. The molecular weight excluding hydrogens is 450 g/mol. The lowest BCUT2D eigenvalue weighted by atomic mass is 10.0. The van der Waals surface area contributed by atoms with Crippen LogP contribution in [0.5, 0.6) is 0 Å². The van der Waals surface area contributed by atoms with Crippen molar-refractivity contribution in [2.75, 3.05) is 18.9 Å². The predicted octanol–water partition coefficient (Wildman–Crippen LogP) is -1.85. The number of rotatable bonds is 15. The molecule has 11 nitrogen and oxygen atoms in total. The third-order valence-corrected chi connectivity index (χ3v) is 5.20. The van der Waals surface area contributed by atoms with E-state index in [1.807, 2.05) is 0 Å². The molecule has 184 valence electrons. The normalized spacial score (nSPS) is 14.4. The first-order chi connectivity index (χ1) is 15.7. The number of carbonyl (C=O) groups is 4. The van der Waals surface area contributed by atoms with Crippen molar-refractivity contribution in [3.63, 3.8) is 0 Å². The van der Waals surface area contributed by atoms with Crippen molar-refractivity contribution in [3.05, 3.63) is 35.9 Å². The Bertz CT molecular complexity index is 782. The van der Waals surface area contributed by atoms with Crippen molar-refractivity contribution in [2.45, 2.75) is 49.9 Å². The van der Waals surface area contributed by atoms with Crippen LogP contribution in [0.3, 0.4) is 0 Å². The van der Waals surface area contributed by atoms with Crippen LogP contribution in [0.1, 0.15) is 24.8 Å². The van der Waals surface area contributed by atoms with Gasteiger partial charge in [0.25, 0.3) is 0 Å². The van der Waals surface area contributed by atoms with Crippen molar-refractivity contribution in [3.8, 4) is 0 Å². The minimum Gasteiger partial charge on any atom is -0.480 e. The molecule has 9 N–H and O–H groups in total. The first kappa shape index (κ1) is 28.4. The van der Waals surface area contributed by atoms with Gasteiger partial charge >= 0.3 is 5.97 Å². The topological polar surface area (TPSA) is 197 Å². The Labute approximate surface area is 198 Å². The summed E-state index contributed by atoms with van der Waals surface area (Å²) in [5, 5.41) is 25.5. The van der Waals surface area contributed by atoms with Crippen LogP contribution in [0.15, 0.2) is 30.3 Å². The summed E-state index contributed by atoms with van der Waals surface area (Å²) in [5.74, 6) is -3.48. The van der Waals surface area contributed by atoms with Gasteiger partial charge in [0.2, 0.25) is 17.7 Å². The summed E-state index contributed by atoms with van der Waals surface area (Å²) in [7, 11) is 0. The smallest absolute Gasteiger partial charge is 0.328 e. The van der Waals surface area contributed by atoms with Crippen LogP contribution >= 0.6 is 12.6 Å². The summed E-state index contributed by atoms with van der Waals surface area (Å²) in [6.07, 6.45) is 1.85. The summed E-state index contributed by atoms with van der Waals surface area (Å²) in [6.45, 7) is -0.329. The summed E-state index contributed by atoms with van der Waals surface area (Å²) in [5.41, 5.74) is 12.0. The van der Waals surface area contributed by atoms with Crippen molar-refractivity contribution in [2.24, 2.45) is 11.5 Å². The average molecular weight is 484 g/mol. The van der Waals surface area contributed by atoms with Gasteiger partial charge in [0.15, 0.2) is 0 Å². The van der Waals surface area contributed by atoms with Gasteiger partial charge in [-0.05, 0) is 24.9 Å². The van der Waals surface area contributed by atoms with Crippen molar-refractivity contribution >= 4 is 36.3 Å². The van der Waals surface area contributed by atoms with Crippen LogP contribution in [-0.2, 0) is 25.6 Å². The zero-order chi connectivity index (χ0) is 24.8. The van der Waals surface area contributed by atoms with E-state index in [1.54, 1.807) is 30.3 Å². The van der Waals surface area contributed by atoms with E-state index < -0.39 is 54.5 Å². The Balaban J connectivity index is 2.89. The van der Waals surface area contributed by atoms with Crippen LogP contribution in [-0.4, -0.2) is 77.0 Å². The Hall–Kier alpha value is -2.67. The van der Waals surface area contributed by atoms with E-state index in [0.29, 0.717) is 24.9 Å². The van der Waals surface area contributed by atoms with Gasteiger partial charge in [0, 0.05) is 12.2 Å². The highest BCUT2D eigenvalue weighted by Gasteiger charge is 2.29. The van der Waals surface area contributed by atoms with E-state index in [9.17, 15) is 24.3 Å². The lowest BCUT2D eigenvalue weighted by Gasteiger charge is -2.24. The number of carboxylic acids is 1. The molecule has 4 unspecified atom stereocenters. The number of carbonyl (C=O) groups excluding carboxylic acids is 3. The molecule has 0 saturated carbocycles. The van der Waals surface area contributed by atoms with E-state index in [2.05, 4.69) is 28.6 Å². The van der Waals surface area contributed by atoms with Gasteiger partial charge in [-0.2, -0.15) is 12.6 Å². The van der Waals surface area contributed by atoms with Gasteiger partial charge in [0.1, 0.15) is 18.1 Å². The highest BCUT2D eigenvalue weighted by Crippen LogP contribution is 2.06. The fraction of sp³-hybridized carbons (Fsp3) is 0.524. The standard InChI is InChI=1S/C21H33N5O6S/c22-9-5-4-8-14(23)18(28)26-17(12-33)20(30)24-15(10-13-6-2-1-3-7-13)19(29)25-16(11-27)21(31)32/h1-3,6-7,14-17,27,33H,4-5,8-12,22-23H2,(H,24,30)(H,25,29)(H,26,28)(H,31,32). The second-order valence-corrected chi connectivity index (χ2v) is 7.83. The molecule has 3 amide bonds. The first-order valence-corrected chi connectivity index (χ1v) is 11.2. The number of thiol groups is 1. The fourth-order valence-corrected chi connectivity index (χ4v) is 3.16. The van der Waals surface area contributed by atoms with Gasteiger partial charge < -0.3 is 37.6 Å². The zero-order valence-electron chi connectivity index (χ0n) is 18.3. The van der Waals surface area contributed by atoms with E-state index in [-0.39, 0.29) is 12.2 Å². The minimum atomic E-state index is -1.53. The molecular formula is C21H33N5O6S. The molecule has 0 bridgehead atoms. The van der Waals surface area contributed by atoms with Gasteiger partial charge in [-0.25, -0.2) is 4.79 Å². The molecule has 0 aromatic heterocycles. The van der Waals surface area contributed by atoms with Crippen LogP contribution in [0.4, 0.5) is 0 Å². The maximum atomic E-state index is 12.8. The molecule has 4 atom stereocenters. The van der Waals surface area contributed by atoms with Crippen LogP contribution in [0.2, 0.25) is 0 Å². The second kappa shape index (κ2) is 15.2. The molecule has 0 saturated heterocycles. The molecule has 0 radical (unpaired) electrons. The molecule has 33 heavy (non-hydrogen) atoms. The molecule has 0 heterocycles. The van der Waals surface area contributed by atoms with Crippen molar-refractivity contribution < 1.29 is 29.4 Å². The van der Waals surface area contributed by atoms with Crippen molar-refractivity contribution in [1.82, 2.24) is 16.0 Å².